The molecule has 11 heavy (non-hydrogen) atoms. The Morgan fingerprint density at radius 2 is 2.27 bits per heavy atom. The zero-order valence-electron chi connectivity index (χ0n) is 5.89. The minimum atomic E-state index is -0.190. The number of rotatable bonds is 3. The van der Waals surface area contributed by atoms with Gasteiger partial charge < -0.3 is 0 Å². The van der Waals surface area contributed by atoms with Crippen molar-refractivity contribution in [2.45, 2.75) is 4.90 Å². The van der Waals surface area contributed by atoms with Crippen molar-refractivity contribution >= 4 is 23.4 Å². The molecule has 0 amide bonds. The smallest absolute Gasteiger partial charge is 0.124 e. The Morgan fingerprint density at radius 1 is 1.45 bits per heavy atom. The number of halogens is 2. The molecule has 1 aromatic carbocycles. The summed E-state index contributed by atoms with van der Waals surface area (Å²) in [5.41, 5.74) is 0. The molecule has 0 spiro atoms. The molecule has 0 aromatic heterocycles. The minimum Gasteiger partial charge on any atom is -0.207 e. The lowest BCUT2D eigenvalue weighted by Crippen LogP contribution is -1.80. The van der Waals surface area contributed by atoms with Crippen molar-refractivity contribution in [1.29, 1.82) is 0 Å². The molecule has 1 rings (SSSR count). The highest BCUT2D eigenvalue weighted by Crippen LogP contribution is 2.18. The van der Waals surface area contributed by atoms with Gasteiger partial charge in [-0.15, -0.1) is 23.4 Å². The first-order valence-corrected chi connectivity index (χ1v) is 4.79. The average molecular weight is 191 g/mol. The molecular formula is C8H8ClFS. The van der Waals surface area contributed by atoms with Crippen LogP contribution in [-0.2, 0) is 0 Å². The Labute approximate surface area is 74.8 Å². The summed E-state index contributed by atoms with van der Waals surface area (Å²) in [6, 6.07) is 6.52. The van der Waals surface area contributed by atoms with Gasteiger partial charge in [-0.2, -0.15) is 0 Å². The predicted molar refractivity (Wildman–Crippen MR) is 47.8 cm³/mol. The molecule has 0 heterocycles. The van der Waals surface area contributed by atoms with Crippen LogP contribution in [-0.4, -0.2) is 11.6 Å². The Bertz CT molecular complexity index is 227. The second-order valence-electron chi connectivity index (χ2n) is 1.99. The molecule has 0 N–H and O–H groups in total. The number of hydrogen-bond acceptors (Lipinski definition) is 1. The Morgan fingerprint density at radius 3 is 2.91 bits per heavy atom. The molecule has 0 aliphatic rings. The van der Waals surface area contributed by atoms with Crippen LogP contribution in [0.1, 0.15) is 0 Å². The molecular weight excluding hydrogens is 183 g/mol. The van der Waals surface area contributed by atoms with Gasteiger partial charge in [0, 0.05) is 16.5 Å². The van der Waals surface area contributed by atoms with E-state index in [1.807, 2.05) is 6.07 Å². The first-order chi connectivity index (χ1) is 5.33. The highest BCUT2D eigenvalue weighted by atomic mass is 35.5. The second-order valence-corrected chi connectivity index (χ2v) is 3.54. The van der Waals surface area contributed by atoms with Crippen molar-refractivity contribution in [2.24, 2.45) is 0 Å². The first-order valence-electron chi connectivity index (χ1n) is 3.27. The third-order valence-electron chi connectivity index (χ3n) is 1.14. The summed E-state index contributed by atoms with van der Waals surface area (Å²) in [4.78, 5) is 0.936. The standard InChI is InChI=1S/C8H8ClFS/c9-4-5-11-8-3-1-2-7(10)6-8/h1-3,6H,4-5H2. The van der Waals surface area contributed by atoms with E-state index >= 15 is 0 Å². The van der Waals surface area contributed by atoms with E-state index in [1.165, 1.54) is 12.1 Å². The van der Waals surface area contributed by atoms with E-state index in [2.05, 4.69) is 0 Å². The van der Waals surface area contributed by atoms with Crippen molar-refractivity contribution in [2.75, 3.05) is 11.6 Å². The molecule has 0 unspecified atom stereocenters. The molecule has 0 fully saturated rings. The van der Waals surface area contributed by atoms with Crippen LogP contribution in [0.3, 0.4) is 0 Å². The van der Waals surface area contributed by atoms with Gasteiger partial charge in [0.05, 0.1) is 0 Å². The third kappa shape index (κ3) is 3.12. The summed E-state index contributed by atoms with van der Waals surface area (Å²) >= 11 is 7.04. The lowest BCUT2D eigenvalue weighted by molar-refractivity contribution is 0.624. The molecule has 0 atom stereocenters. The maximum absolute atomic E-state index is 12.5. The van der Waals surface area contributed by atoms with Crippen molar-refractivity contribution in [3.05, 3.63) is 30.1 Å². The zero-order valence-corrected chi connectivity index (χ0v) is 7.46. The number of hydrogen-bond donors (Lipinski definition) is 0. The van der Waals surface area contributed by atoms with E-state index in [0.717, 1.165) is 10.6 Å². The van der Waals surface area contributed by atoms with Gasteiger partial charge >= 0.3 is 0 Å². The van der Waals surface area contributed by atoms with Crippen molar-refractivity contribution in [3.63, 3.8) is 0 Å². The third-order valence-corrected chi connectivity index (χ3v) is 2.55. The number of thioether (sulfide) groups is 1. The van der Waals surface area contributed by atoms with Crippen LogP contribution >= 0.6 is 23.4 Å². The topological polar surface area (TPSA) is 0 Å². The summed E-state index contributed by atoms with van der Waals surface area (Å²) in [5.74, 6) is 1.23. The highest BCUT2D eigenvalue weighted by Gasteiger charge is 1.93. The largest absolute Gasteiger partial charge is 0.207 e. The van der Waals surface area contributed by atoms with Crippen LogP contribution in [0.2, 0.25) is 0 Å². The lowest BCUT2D eigenvalue weighted by atomic mass is 10.4. The highest BCUT2D eigenvalue weighted by molar-refractivity contribution is 7.99. The first kappa shape index (κ1) is 8.88. The predicted octanol–water partition coefficient (Wildman–Crippen LogP) is 3.16. The van der Waals surface area contributed by atoms with Gasteiger partial charge in [-0.05, 0) is 18.2 Å². The fourth-order valence-corrected chi connectivity index (χ4v) is 1.63. The molecule has 0 bridgehead atoms. The quantitative estimate of drug-likeness (QED) is 0.521. The maximum Gasteiger partial charge on any atom is 0.124 e. The maximum atomic E-state index is 12.5. The van der Waals surface area contributed by atoms with Crippen LogP contribution in [0.5, 0.6) is 0 Å². The molecule has 0 saturated heterocycles. The van der Waals surface area contributed by atoms with Crippen LogP contribution in [0.4, 0.5) is 4.39 Å². The molecule has 0 nitrogen and oxygen atoms in total. The normalized spacial score (nSPS) is 10.0. The van der Waals surface area contributed by atoms with E-state index < -0.39 is 0 Å². The molecule has 3 heteroatoms. The fraction of sp³-hybridized carbons (Fsp3) is 0.250. The summed E-state index contributed by atoms with van der Waals surface area (Å²) < 4.78 is 12.5. The number of benzene rings is 1. The van der Waals surface area contributed by atoms with E-state index in [4.69, 9.17) is 11.6 Å². The SMILES string of the molecule is Fc1cccc(SCCCl)c1. The van der Waals surface area contributed by atoms with Gasteiger partial charge in [-0.1, -0.05) is 6.07 Å². The summed E-state index contributed by atoms with van der Waals surface area (Å²) in [6.07, 6.45) is 0. The van der Waals surface area contributed by atoms with Crippen molar-refractivity contribution < 1.29 is 4.39 Å². The van der Waals surface area contributed by atoms with Gasteiger partial charge in [0.25, 0.3) is 0 Å². The Kier molecular flexibility index (Phi) is 3.73. The van der Waals surface area contributed by atoms with Crippen LogP contribution < -0.4 is 0 Å². The Hall–Kier alpha value is -0.210. The minimum absolute atomic E-state index is 0.190. The van der Waals surface area contributed by atoms with Crippen LogP contribution in [0.15, 0.2) is 29.2 Å². The molecule has 0 aliphatic carbocycles. The molecule has 1 aromatic rings. The van der Waals surface area contributed by atoms with Gasteiger partial charge in [-0.3, -0.25) is 0 Å². The van der Waals surface area contributed by atoms with Gasteiger partial charge in [-0.25, -0.2) is 4.39 Å². The average Bonchev–Trinajstić information content (AvgIpc) is 2.01. The molecule has 0 aliphatic heterocycles. The van der Waals surface area contributed by atoms with Crippen molar-refractivity contribution in [3.8, 4) is 0 Å². The van der Waals surface area contributed by atoms with Gasteiger partial charge in [0.2, 0.25) is 0 Å². The van der Waals surface area contributed by atoms with Crippen molar-refractivity contribution in [1.82, 2.24) is 0 Å². The van der Waals surface area contributed by atoms with E-state index in [1.54, 1.807) is 17.8 Å². The summed E-state index contributed by atoms with van der Waals surface area (Å²) in [5, 5.41) is 0. The number of alkyl halides is 1. The van der Waals surface area contributed by atoms with E-state index in [-0.39, 0.29) is 5.82 Å². The lowest BCUT2D eigenvalue weighted by Gasteiger charge is -1.97. The van der Waals surface area contributed by atoms with E-state index in [0.29, 0.717) is 5.88 Å². The second kappa shape index (κ2) is 4.62. The monoisotopic (exact) mass is 190 g/mol. The van der Waals surface area contributed by atoms with Crippen LogP contribution in [0.25, 0.3) is 0 Å². The molecule has 0 radical (unpaired) electrons. The zero-order chi connectivity index (χ0) is 8.10. The van der Waals surface area contributed by atoms with Gasteiger partial charge in [0.1, 0.15) is 5.82 Å². The van der Waals surface area contributed by atoms with Gasteiger partial charge in [0.15, 0.2) is 0 Å². The summed E-state index contributed by atoms with van der Waals surface area (Å²) in [6.45, 7) is 0. The van der Waals surface area contributed by atoms with E-state index in [9.17, 15) is 4.39 Å². The Balaban J connectivity index is 2.56. The molecule has 60 valence electrons. The van der Waals surface area contributed by atoms with Crippen LogP contribution in [0, 0.1) is 5.82 Å². The fourth-order valence-electron chi connectivity index (χ4n) is 0.713. The summed E-state index contributed by atoms with van der Waals surface area (Å²) in [7, 11) is 0. The molecule has 0 saturated carbocycles.